The van der Waals surface area contributed by atoms with Gasteiger partial charge in [0.1, 0.15) is 17.1 Å². The first-order valence-electron chi connectivity index (χ1n) is 12.8. The number of aromatic nitrogens is 2. The molecular weight excluding hydrogens is 432 g/mol. The van der Waals surface area contributed by atoms with Gasteiger partial charge in [-0.25, -0.2) is 14.8 Å². The van der Waals surface area contributed by atoms with Gasteiger partial charge < -0.3 is 14.5 Å². The number of nitrogens with zero attached hydrogens (tertiary/aromatic N) is 4. The van der Waals surface area contributed by atoms with Gasteiger partial charge in [-0.3, -0.25) is 9.59 Å². The zero-order valence-electron chi connectivity index (χ0n) is 21.9. The fourth-order valence-electron chi connectivity index (χ4n) is 4.51. The third-order valence-electron chi connectivity index (χ3n) is 6.42. The van der Waals surface area contributed by atoms with Gasteiger partial charge in [0, 0.05) is 32.1 Å². The number of methoxy groups -OCH3 is 1. The smallest absolute Gasteiger partial charge is 0.342 e. The molecule has 0 saturated carbocycles. The van der Waals surface area contributed by atoms with Crippen molar-refractivity contribution in [3.8, 4) is 0 Å². The van der Waals surface area contributed by atoms with Crippen molar-refractivity contribution in [1.29, 1.82) is 0 Å². The number of hydrogen-bond acceptors (Lipinski definition) is 6. The highest BCUT2D eigenvalue weighted by atomic mass is 16.5. The molecule has 0 radical (unpaired) electrons. The van der Waals surface area contributed by atoms with Crippen LogP contribution in [0.2, 0.25) is 0 Å². The van der Waals surface area contributed by atoms with Gasteiger partial charge >= 0.3 is 5.97 Å². The van der Waals surface area contributed by atoms with Crippen molar-refractivity contribution >= 4 is 17.8 Å². The van der Waals surface area contributed by atoms with E-state index in [1.54, 1.807) is 11.8 Å². The van der Waals surface area contributed by atoms with Gasteiger partial charge in [0.25, 0.3) is 5.91 Å². The second kappa shape index (κ2) is 13.4. The molecule has 2 heterocycles. The van der Waals surface area contributed by atoms with E-state index in [0.29, 0.717) is 37.6 Å². The third-order valence-corrected chi connectivity index (χ3v) is 6.42. The van der Waals surface area contributed by atoms with E-state index in [9.17, 15) is 14.4 Å². The summed E-state index contributed by atoms with van der Waals surface area (Å²) in [4.78, 5) is 51.0. The molecule has 34 heavy (non-hydrogen) atoms. The molecular formula is C26H42N4O4. The highest BCUT2D eigenvalue weighted by Gasteiger charge is 2.34. The zero-order chi connectivity index (χ0) is 25.3. The summed E-state index contributed by atoms with van der Waals surface area (Å²) in [5.74, 6) is -0.399. The summed E-state index contributed by atoms with van der Waals surface area (Å²) in [7, 11) is 1.29. The molecule has 1 aliphatic heterocycles. The van der Waals surface area contributed by atoms with Gasteiger partial charge in [-0.1, -0.05) is 59.3 Å². The monoisotopic (exact) mass is 474 g/mol. The fraction of sp³-hybridized carbons (Fsp3) is 0.731. The van der Waals surface area contributed by atoms with Crippen molar-refractivity contribution in [3.05, 3.63) is 22.8 Å². The summed E-state index contributed by atoms with van der Waals surface area (Å²) in [6, 6.07) is -0.0937. The van der Waals surface area contributed by atoms with Crippen LogP contribution in [-0.2, 0) is 9.53 Å². The van der Waals surface area contributed by atoms with E-state index in [2.05, 4.69) is 16.9 Å². The topological polar surface area (TPSA) is 92.7 Å². The number of rotatable bonds is 11. The Hall–Kier alpha value is -2.51. The second-order valence-electron chi connectivity index (χ2n) is 9.58. The lowest BCUT2D eigenvalue weighted by Crippen LogP contribution is -2.55. The minimum Gasteiger partial charge on any atom is -0.465 e. The van der Waals surface area contributed by atoms with E-state index >= 15 is 0 Å². The van der Waals surface area contributed by atoms with Crippen LogP contribution in [-0.4, -0.2) is 70.3 Å². The molecule has 0 aromatic carbocycles. The van der Waals surface area contributed by atoms with E-state index < -0.39 is 5.97 Å². The molecule has 1 aromatic rings. The van der Waals surface area contributed by atoms with Crippen LogP contribution < -0.4 is 0 Å². The van der Waals surface area contributed by atoms with E-state index in [-0.39, 0.29) is 35.0 Å². The Kier molecular flexibility index (Phi) is 10.9. The molecule has 1 unspecified atom stereocenters. The SMILES string of the molecule is CCCCCCCCCC(=O)N1CCN(C(=O)c2nc(C)nc(C(C)C)c2C(=O)OC)CC1C. The Labute approximate surface area is 204 Å². The van der Waals surface area contributed by atoms with E-state index in [0.717, 1.165) is 12.8 Å². The first-order valence-corrected chi connectivity index (χ1v) is 12.8. The zero-order valence-corrected chi connectivity index (χ0v) is 21.9. The van der Waals surface area contributed by atoms with Crippen molar-refractivity contribution in [2.75, 3.05) is 26.7 Å². The van der Waals surface area contributed by atoms with Crippen molar-refractivity contribution < 1.29 is 19.1 Å². The molecule has 8 heteroatoms. The molecule has 8 nitrogen and oxygen atoms in total. The number of ether oxygens (including phenoxy) is 1. The maximum atomic E-state index is 13.4. The molecule has 1 fully saturated rings. The van der Waals surface area contributed by atoms with Crippen molar-refractivity contribution in [2.24, 2.45) is 0 Å². The predicted octanol–water partition coefficient (Wildman–Crippen LogP) is 4.51. The third kappa shape index (κ3) is 7.24. The van der Waals surface area contributed by atoms with Gasteiger partial charge in [0.15, 0.2) is 0 Å². The standard InChI is InChI=1S/C26H42N4O4/c1-7-8-9-10-11-12-13-14-21(31)30-16-15-29(17-19(30)4)25(32)24-22(26(33)34-6)23(18(2)3)27-20(5)28-24/h18-19H,7-17H2,1-6H3. The highest BCUT2D eigenvalue weighted by Crippen LogP contribution is 2.23. The van der Waals surface area contributed by atoms with E-state index in [1.165, 1.54) is 39.2 Å². The number of amides is 2. The van der Waals surface area contributed by atoms with E-state index in [4.69, 9.17) is 4.74 Å². The predicted molar refractivity (Wildman–Crippen MR) is 132 cm³/mol. The number of carbonyl (C=O) groups is 3. The largest absolute Gasteiger partial charge is 0.465 e. The summed E-state index contributed by atoms with van der Waals surface area (Å²) < 4.78 is 4.95. The highest BCUT2D eigenvalue weighted by molar-refractivity contribution is 6.04. The van der Waals surface area contributed by atoms with Crippen LogP contribution in [0.25, 0.3) is 0 Å². The minimum atomic E-state index is -0.608. The Morgan fingerprint density at radius 2 is 1.68 bits per heavy atom. The van der Waals surface area contributed by atoms with Crippen LogP contribution in [0.3, 0.4) is 0 Å². The fourth-order valence-corrected chi connectivity index (χ4v) is 4.51. The molecule has 0 aliphatic carbocycles. The molecule has 2 rings (SSSR count). The molecule has 190 valence electrons. The van der Waals surface area contributed by atoms with Gasteiger partial charge in [-0.15, -0.1) is 0 Å². The van der Waals surface area contributed by atoms with Gasteiger partial charge in [0.05, 0.1) is 12.8 Å². The molecule has 0 N–H and O–H groups in total. The average molecular weight is 475 g/mol. The Balaban J connectivity index is 2.02. The molecule has 0 spiro atoms. The number of hydrogen-bond donors (Lipinski definition) is 0. The van der Waals surface area contributed by atoms with Crippen molar-refractivity contribution in [1.82, 2.24) is 19.8 Å². The van der Waals surface area contributed by atoms with Crippen LogP contribution in [0.4, 0.5) is 0 Å². The second-order valence-corrected chi connectivity index (χ2v) is 9.58. The van der Waals surface area contributed by atoms with Crippen LogP contribution in [0.5, 0.6) is 0 Å². The lowest BCUT2D eigenvalue weighted by molar-refractivity contribution is -0.135. The first-order chi connectivity index (χ1) is 16.2. The van der Waals surface area contributed by atoms with Crippen LogP contribution in [0.1, 0.15) is 117 Å². The maximum Gasteiger partial charge on any atom is 0.342 e. The molecule has 1 atom stereocenters. The minimum absolute atomic E-state index is 0.0672. The summed E-state index contributed by atoms with van der Waals surface area (Å²) in [6.45, 7) is 11.0. The summed E-state index contributed by atoms with van der Waals surface area (Å²) in [5.41, 5.74) is 0.732. The Bertz CT molecular complexity index is 855. The molecule has 1 aromatic heterocycles. The number of esters is 1. The molecule has 0 bridgehead atoms. The van der Waals surface area contributed by atoms with E-state index in [1.807, 2.05) is 25.7 Å². The normalized spacial score (nSPS) is 16.1. The van der Waals surface area contributed by atoms with Crippen LogP contribution in [0.15, 0.2) is 0 Å². The first kappa shape index (κ1) is 27.7. The number of piperazine rings is 1. The van der Waals surface area contributed by atoms with Crippen LogP contribution >= 0.6 is 0 Å². The lowest BCUT2D eigenvalue weighted by atomic mass is 10.0. The van der Waals surface area contributed by atoms with Gasteiger partial charge in [-0.05, 0) is 26.2 Å². The molecule has 1 aliphatic rings. The average Bonchev–Trinajstić information content (AvgIpc) is 2.81. The van der Waals surface area contributed by atoms with Gasteiger partial charge in [0.2, 0.25) is 5.91 Å². The molecule has 1 saturated heterocycles. The quantitative estimate of drug-likeness (QED) is 0.346. The number of aryl methyl sites for hydroxylation is 1. The summed E-state index contributed by atoms with van der Waals surface area (Å²) >= 11 is 0. The summed E-state index contributed by atoms with van der Waals surface area (Å²) in [6.07, 6.45) is 8.79. The molecule has 2 amide bonds. The Morgan fingerprint density at radius 1 is 1.03 bits per heavy atom. The maximum absolute atomic E-state index is 13.4. The number of carbonyl (C=O) groups excluding carboxylic acids is 3. The lowest BCUT2D eigenvalue weighted by Gasteiger charge is -2.40. The summed E-state index contributed by atoms with van der Waals surface area (Å²) in [5, 5.41) is 0. The van der Waals surface area contributed by atoms with Crippen LogP contribution in [0, 0.1) is 6.92 Å². The van der Waals surface area contributed by atoms with Crippen molar-refractivity contribution in [3.63, 3.8) is 0 Å². The van der Waals surface area contributed by atoms with Crippen molar-refractivity contribution in [2.45, 2.75) is 97.9 Å². The van der Waals surface area contributed by atoms with Gasteiger partial charge in [-0.2, -0.15) is 0 Å². The Morgan fingerprint density at radius 3 is 2.26 bits per heavy atom. The number of unbranched alkanes of at least 4 members (excludes halogenated alkanes) is 6.